The van der Waals surface area contributed by atoms with Gasteiger partial charge in [0, 0.05) is 19.6 Å². The van der Waals surface area contributed by atoms with Gasteiger partial charge >= 0.3 is 5.97 Å². The number of nitrogens with one attached hydrogen (secondary N) is 1. The molecule has 1 unspecified atom stereocenters. The maximum atomic E-state index is 11.9. The fourth-order valence-corrected chi connectivity index (χ4v) is 2.65. The van der Waals surface area contributed by atoms with Crippen LogP contribution in [0.3, 0.4) is 0 Å². The van der Waals surface area contributed by atoms with Gasteiger partial charge in [0.05, 0.1) is 4.90 Å². The molecule has 1 aromatic carbocycles. The third-order valence-electron chi connectivity index (χ3n) is 2.79. The first-order chi connectivity index (χ1) is 9.35. The van der Waals surface area contributed by atoms with E-state index in [1.807, 2.05) is 0 Å². The quantitative estimate of drug-likeness (QED) is 0.652. The summed E-state index contributed by atoms with van der Waals surface area (Å²) in [5.41, 5.74) is 0.773. The van der Waals surface area contributed by atoms with E-state index in [2.05, 4.69) is 4.72 Å². The van der Waals surface area contributed by atoms with Crippen molar-refractivity contribution in [1.29, 1.82) is 0 Å². The standard InChI is InChI=1S/C13H19NO5S/c1-10(9-15)8-14-20(18,19)12-5-2-11(3-6-12)4-7-13(16)17/h2-3,5-6,10,14-15H,4,7-9H2,1H3,(H,16,17). The molecule has 0 aliphatic rings. The van der Waals surface area contributed by atoms with Crippen molar-refractivity contribution in [3.63, 3.8) is 0 Å². The Morgan fingerprint density at radius 3 is 2.40 bits per heavy atom. The van der Waals surface area contributed by atoms with Gasteiger partial charge in [0.25, 0.3) is 0 Å². The van der Waals surface area contributed by atoms with Crippen LogP contribution in [0, 0.1) is 5.92 Å². The number of hydrogen-bond acceptors (Lipinski definition) is 4. The molecule has 1 aromatic rings. The molecule has 6 nitrogen and oxygen atoms in total. The van der Waals surface area contributed by atoms with Gasteiger partial charge in [0.1, 0.15) is 0 Å². The van der Waals surface area contributed by atoms with Gasteiger partial charge in [-0.05, 0) is 30.0 Å². The third kappa shape index (κ3) is 5.28. The van der Waals surface area contributed by atoms with Crippen LogP contribution >= 0.6 is 0 Å². The summed E-state index contributed by atoms with van der Waals surface area (Å²) in [6.45, 7) is 1.81. The summed E-state index contributed by atoms with van der Waals surface area (Å²) in [6, 6.07) is 6.10. The molecular formula is C13H19NO5S. The number of rotatable bonds is 8. The Kier molecular flexibility index (Phi) is 6.12. The van der Waals surface area contributed by atoms with E-state index in [1.54, 1.807) is 19.1 Å². The number of benzene rings is 1. The minimum Gasteiger partial charge on any atom is -0.481 e. The van der Waals surface area contributed by atoms with Crippen molar-refractivity contribution in [2.24, 2.45) is 5.92 Å². The zero-order chi connectivity index (χ0) is 15.2. The van der Waals surface area contributed by atoms with Gasteiger partial charge in [-0.25, -0.2) is 13.1 Å². The highest BCUT2D eigenvalue weighted by molar-refractivity contribution is 7.89. The maximum absolute atomic E-state index is 11.9. The van der Waals surface area contributed by atoms with Gasteiger partial charge in [0.2, 0.25) is 10.0 Å². The van der Waals surface area contributed by atoms with Gasteiger partial charge in [0.15, 0.2) is 0 Å². The van der Waals surface area contributed by atoms with Crippen LogP contribution < -0.4 is 4.72 Å². The van der Waals surface area contributed by atoms with Crippen LogP contribution in [0.2, 0.25) is 0 Å². The lowest BCUT2D eigenvalue weighted by Crippen LogP contribution is -2.29. The molecule has 7 heteroatoms. The van der Waals surface area contributed by atoms with Crippen LogP contribution in [0.5, 0.6) is 0 Å². The summed E-state index contributed by atoms with van der Waals surface area (Å²) < 4.78 is 26.3. The van der Waals surface area contributed by atoms with Crippen LogP contribution in [0.15, 0.2) is 29.2 Å². The molecule has 0 bridgehead atoms. The highest BCUT2D eigenvalue weighted by Gasteiger charge is 2.14. The number of carbonyl (C=O) groups is 1. The topological polar surface area (TPSA) is 104 Å². The molecule has 1 atom stereocenters. The number of hydrogen-bond donors (Lipinski definition) is 3. The van der Waals surface area contributed by atoms with E-state index in [-0.39, 0.29) is 30.4 Å². The number of aliphatic carboxylic acids is 1. The fourth-order valence-electron chi connectivity index (χ4n) is 1.49. The van der Waals surface area contributed by atoms with Crippen molar-refractivity contribution in [2.45, 2.75) is 24.7 Å². The van der Waals surface area contributed by atoms with Crippen molar-refractivity contribution in [1.82, 2.24) is 4.72 Å². The molecule has 0 radical (unpaired) electrons. The molecule has 0 fully saturated rings. The predicted molar refractivity (Wildman–Crippen MR) is 73.8 cm³/mol. The molecule has 0 aliphatic carbocycles. The molecule has 0 spiro atoms. The minimum absolute atomic E-state index is 0.0123. The van der Waals surface area contributed by atoms with E-state index >= 15 is 0 Å². The number of aliphatic hydroxyl groups excluding tert-OH is 1. The predicted octanol–water partition coefficient (Wildman–Crippen LogP) is 0.610. The zero-order valence-electron chi connectivity index (χ0n) is 11.2. The van der Waals surface area contributed by atoms with E-state index in [0.717, 1.165) is 5.56 Å². The fraction of sp³-hybridized carbons (Fsp3) is 0.462. The number of carboxylic acid groups (broad SMARTS) is 1. The summed E-state index contributed by atoms with van der Waals surface area (Å²) in [4.78, 5) is 10.6. The molecule has 1 rings (SSSR count). The van der Waals surface area contributed by atoms with E-state index in [0.29, 0.717) is 6.42 Å². The normalized spacial score (nSPS) is 13.1. The monoisotopic (exact) mass is 301 g/mol. The largest absolute Gasteiger partial charge is 0.481 e. The molecule has 0 saturated carbocycles. The smallest absolute Gasteiger partial charge is 0.303 e. The summed E-state index contributed by atoms with van der Waals surface area (Å²) in [7, 11) is -3.59. The van der Waals surface area contributed by atoms with Crippen molar-refractivity contribution < 1.29 is 23.4 Å². The Morgan fingerprint density at radius 1 is 1.30 bits per heavy atom. The summed E-state index contributed by atoms with van der Waals surface area (Å²) >= 11 is 0. The molecule has 112 valence electrons. The van der Waals surface area contributed by atoms with Crippen LogP contribution in [0.1, 0.15) is 18.9 Å². The average molecular weight is 301 g/mol. The van der Waals surface area contributed by atoms with Gasteiger partial charge in [-0.2, -0.15) is 0 Å². The van der Waals surface area contributed by atoms with Crippen LogP contribution in [0.25, 0.3) is 0 Å². The summed E-state index contributed by atoms with van der Waals surface area (Å²) in [5, 5.41) is 17.4. The van der Waals surface area contributed by atoms with Crippen molar-refractivity contribution in [2.75, 3.05) is 13.2 Å². The molecule has 0 saturated heterocycles. The second kappa shape index (κ2) is 7.37. The van der Waals surface area contributed by atoms with Gasteiger partial charge < -0.3 is 10.2 Å². The second-order valence-electron chi connectivity index (χ2n) is 4.68. The molecule has 0 heterocycles. The SMILES string of the molecule is CC(CO)CNS(=O)(=O)c1ccc(CCC(=O)O)cc1. The first kappa shape index (κ1) is 16.6. The Labute approximate surface area is 118 Å². The van der Waals surface area contributed by atoms with Gasteiger partial charge in [-0.1, -0.05) is 19.1 Å². The Morgan fingerprint density at radius 2 is 1.90 bits per heavy atom. The zero-order valence-corrected chi connectivity index (χ0v) is 12.1. The van der Waals surface area contributed by atoms with Crippen LogP contribution in [-0.4, -0.2) is 37.8 Å². The lowest BCUT2D eigenvalue weighted by atomic mass is 10.1. The van der Waals surface area contributed by atoms with Crippen molar-refractivity contribution in [3.8, 4) is 0 Å². The number of sulfonamides is 1. The molecular weight excluding hydrogens is 282 g/mol. The second-order valence-corrected chi connectivity index (χ2v) is 6.44. The van der Waals surface area contributed by atoms with Crippen LogP contribution in [0.4, 0.5) is 0 Å². The molecule has 0 amide bonds. The molecule has 20 heavy (non-hydrogen) atoms. The first-order valence-electron chi connectivity index (χ1n) is 6.26. The van der Waals surface area contributed by atoms with E-state index < -0.39 is 16.0 Å². The Hall–Kier alpha value is -1.44. The van der Waals surface area contributed by atoms with E-state index in [1.165, 1.54) is 12.1 Å². The third-order valence-corrected chi connectivity index (χ3v) is 4.23. The van der Waals surface area contributed by atoms with Crippen molar-refractivity contribution >= 4 is 16.0 Å². The molecule has 3 N–H and O–H groups in total. The van der Waals surface area contributed by atoms with Crippen LogP contribution in [-0.2, 0) is 21.2 Å². The lowest BCUT2D eigenvalue weighted by molar-refractivity contribution is -0.136. The number of aryl methyl sites for hydroxylation is 1. The minimum atomic E-state index is -3.59. The maximum Gasteiger partial charge on any atom is 0.303 e. The van der Waals surface area contributed by atoms with Crippen molar-refractivity contribution in [3.05, 3.63) is 29.8 Å². The average Bonchev–Trinajstić information content (AvgIpc) is 2.43. The summed E-state index contributed by atoms with van der Waals surface area (Å²) in [6.07, 6.45) is 0.378. The summed E-state index contributed by atoms with van der Waals surface area (Å²) in [5.74, 6) is -1.04. The number of carboxylic acids is 1. The van der Waals surface area contributed by atoms with Gasteiger partial charge in [-0.3, -0.25) is 4.79 Å². The number of aliphatic hydroxyl groups is 1. The van der Waals surface area contributed by atoms with Gasteiger partial charge in [-0.15, -0.1) is 0 Å². The molecule has 0 aliphatic heterocycles. The van der Waals surface area contributed by atoms with E-state index in [9.17, 15) is 13.2 Å². The Bertz CT molecular complexity index is 538. The highest BCUT2D eigenvalue weighted by Crippen LogP contribution is 2.12. The lowest BCUT2D eigenvalue weighted by Gasteiger charge is -2.10. The Balaban J connectivity index is 2.69. The van der Waals surface area contributed by atoms with E-state index in [4.69, 9.17) is 10.2 Å². The molecule has 0 aromatic heterocycles. The highest BCUT2D eigenvalue weighted by atomic mass is 32.2. The first-order valence-corrected chi connectivity index (χ1v) is 7.74.